The molecule has 2 N–H and O–H groups in total. The van der Waals surface area contributed by atoms with Gasteiger partial charge in [0.2, 0.25) is 0 Å². The first-order valence-electron chi connectivity index (χ1n) is 5.68. The maximum Gasteiger partial charge on any atom is 0.121 e. The lowest BCUT2D eigenvalue weighted by molar-refractivity contribution is 0.556. The third-order valence-electron chi connectivity index (χ3n) is 2.92. The second kappa shape index (κ2) is 5.21. The Morgan fingerprint density at radius 3 is 2.61 bits per heavy atom. The Balaban J connectivity index is 2.11. The van der Waals surface area contributed by atoms with E-state index in [9.17, 15) is 0 Å². The van der Waals surface area contributed by atoms with Gasteiger partial charge in [-0.1, -0.05) is 43.1 Å². The molecule has 18 heavy (non-hydrogen) atoms. The highest BCUT2D eigenvalue weighted by molar-refractivity contribution is 6.42. The Bertz CT molecular complexity index is 521. The van der Waals surface area contributed by atoms with Crippen LogP contribution in [0.3, 0.4) is 0 Å². The molecule has 1 aromatic carbocycles. The van der Waals surface area contributed by atoms with E-state index in [0.717, 1.165) is 17.9 Å². The number of aromatic amines is 1. The molecule has 0 unspecified atom stereocenters. The first-order chi connectivity index (χ1) is 8.49. The van der Waals surface area contributed by atoms with Crippen LogP contribution in [0, 0.1) is 0 Å². The van der Waals surface area contributed by atoms with Crippen molar-refractivity contribution in [2.45, 2.75) is 19.3 Å². The summed E-state index contributed by atoms with van der Waals surface area (Å²) in [6.07, 6.45) is 1.72. The summed E-state index contributed by atoms with van der Waals surface area (Å²) in [6.45, 7) is 5.07. The lowest BCUT2D eigenvalue weighted by Crippen LogP contribution is -2.27. The van der Waals surface area contributed by atoms with Gasteiger partial charge in [0.1, 0.15) is 5.82 Å². The molecule has 0 aliphatic rings. The van der Waals surface area contributed by atoms with Crippen LogP contribution >= 0.6 is 23.2 Å². The molecule has 0 bridgehead atoms. The van der Waals surface area contributed by atoms with Gasteiger partial charge in [0.05, 0.1) is 16.2 Å². The molecule has 5 heteroatoms. The molecule has 0 fully saturated rings. The van der Waals surface area contributed by atoms with Crippen LogP contribution in [0.2, 0.25) is 10.0 Å². The molecule has 0 atom stereocenters. The molecule has 2 rings (SSSR count). The van der Waals surface area contributed by atoms with E-state index in [-0.39, 0.29) is 5.41 Å². The van der Waals surface area contributed by atoms with Crippen molar-refractivity contribution in [1.82, 2.24) is 10.2 Å². The first kappa shape index (κ1) is 13.2. The number of hydrogen-bond acceptors (Lipinski definition) is 2. The number of benzene rings is 1. The topological polar surface area (TPSA) is 40.7 Å². The van der Waals surface area contributed by atoms with Crippen LogP contribution in [0.25, 0.3) is 0 Å². The van der Waals surface area contributed by atoms with E-state index in [1.807, 2.05) is 24.3 Å². The van der Waals surface area contributed by atoms with Gasteiger partial charge in [0.15, 0.2) is 0 Å². The fraction of sp³-hybridized carbons (Fsp3) is 0.308. The van der Waals surface area contributed by atoms with Crippen LogP contribution in [-0.2, 0) is 5.41 Å². The van der Waals surface area contributed by atoms with Gasteiger partial charge in [-0.3, -0.25) is 5.10 Å². The van der Waals surface area contributed by atoms with Crippen molar-refractivity contribution in [2.75, 3.05) is 11.9 Å². The zero-order valence-electron chi connectivity index (χ0n) is 10.3. The van der Waals surface area contributed by atoms with Crippen molar-refractivity contribution in [3.8, 4) is 0 Å². The van der Waals surface area contributed by atoms with E-state index in [2.05, 4.69) is 29.4 Å². The largest absolute Gasteiger partial charge is 0.370 e. The lowest BCUT2D eigenvalue weighted by atomic mass is 9.84. The number of rotatable bonds is 4. The fourth-order valence-electron chi connectivity index (χ4n) is 1.69. The molecule has 3 nitrogen and oxygen atoms in total. The van der Waals surface area contributed by atoms with Crippen LogP contribution in [0.5, 0.6) is 0 Å². The minimum atomic E-state index is -0.0562. The molecular weight excluding hydrogens is 269 g/mol. The Kier molecular flexibility index (Phi) is 3.83. The smallest absolute Gasteiger partial charge is 0.121 e. The van der Waals surface area contributed by atoms with E-state index in [0.29, 0.717) is 10.0 Å². The van der Waals surface area contributed by atoms with Crippen LogP contribution in [-0.4, -0.2) is 16.7 Å². The van der Waals surface area contributed by atoms with Crippen LogP contribution in [0.1, 0.15) is 19.4 Å². The highest BCUT2D eigenvalue weighted by Crippen LogP contribution is 2.30. The molecule has 2 aromatic rings. The average molecular weight is 284 g/mol. The summed E-state index contributed by atoms with van der Waals surface area (Å²) in [6, 6.07) is 7.64. The number of aromatic nitrogens is 2. The minimum absolute atomic E-state index is 0.0562. The molecule has 0 saturated carbocycles. The van der Waals surface area contributed by atoms with E-state index in [1.54, 1.807) is 6.20 Å². The second-order valence-electron chi connectivity index (χ2n) is 4.84. The molecule has 1 heterocycles. The third-order valence-corrected chi connectivity index (χ3v) is 3.66. The quantitative estimate of drug-likeness (QED) is 0.887. The van der Waals surface area contributed by atoms with Gasteiger partial charge in [0.25, 0.3) is 0 Å². The number of halogens is 2. The summed E-state index contributed by atoms with van der Waals surface area (Å²) in [4.78, 5) is 0. The molecule has 1 aromatic heterocycles. The SMILES string of the molecule is CC(C)(CNc1ccn[nH]1)c1ccc(Cl)c(Cl)c1. The Morgan fingerprint density at radius 1 is 1.22 bits per heavy atom. The minimum Gasteiger partial charge on any atom is -0.370 e. The molecular formula is C13H15Cl2N3. The summed E-state index contributed by atoms with van der Waals surface area (Å²) >= 11 is 12.0. The highest BCUT2D eigenvalue weighted by atomic mass is 35.5. The van der Waals surface area contributed by atoms with Crippen molar-refractivity contribution >= 4 is 29.0 Å². The van der Waals surface area contributed by atoms with Crippen molar-refractivity contribution in [1.29, 1.82) is 0 Å². The highest BCUT2D eigenvalue weighted by Gasteiger charge is 2.21. The maximum absolute atomic E-state index is 6.05. The van der Waals surface area contributed by atoms with Crippen molar-refractivity contribution in [3.05, 3.63) is 46.1 Å². The van der Waals surface area contributed by atoms with Gasteiger partial charge >= 0.3 is 0 Å². The molecule has 96 valence electrons. The van der Waals surface area contributed by atoms with E-state index in [4.69, 9.17) is 23.2 Å². The summed E-state index contributed by atoms with van der Waals surface area (Å²) in [7, 11) is 0. The van der Waals surface area contributed by atoms with Gasteiger partial charge in [-0.2, -0.15) is 5.10 Å². The number of hydrogen-bond donors (Lipinski definition) is 2. The number of H-pyrrole nitrogens is 1. The Hall–Kier alpha value is -1.19. The predicted octanol–water partition coefficient (Wildman–Crippen LogP) is 4.11. The van der Waals surface area contributed by atoms with E-state index >= 15 is 0 Å². The van der Waals surface area contributed by atoms with Crippen LogP contribution in [0.15, 0.2) is 30.5 Å². The lowest BCUT2D eigenvalue weighted by Gasteiger charge is -2.26. The molecule has 0 spiro atoms. The van der Waals surface area contributed by atoms with E-state index in [1.165, 1.54) is 0 Å². The maximum atomic E-state index is 6.05. The second-order valence-corrected chi connectivity index (χ2v) is 5.65. The molecule has 0 radical (unpaired) electrons. The summed E-state index contributed by atoms with van der Waals surface area (Å²) in [5.74, 6) is 0.906. The Morgan fingerprint density at radius 2 is 2.00 bits per heavy atom. The normalized spacial score (nSPS) is 11.6. The number of nitrogens with one attached hydrogen (secondary N) is 2. The van der Waals surface area contributed by atoms with Gasteiger partial charge < -0.3 is 5.32 Å². The van der Waals surface area contributed by atoms with Gasteiger partial charge in [-0.15, -0.1) is 0 Å². The van der Waals surface area contributed by atoms with Gasteiger partial charge in [-0.05, 0) is 23.8 Å². The van der Waals surface area contributed by atoms with Crippen molar-refractivity contribution in [2.24, 2.45) is 0 Å². The van der Waals surface area contributed by atoms with Crippen molar-refractivity contribution < 1.29 is 0 Å². The predicted molar refractivity (Wildman–Crippen MR) is 76.6 cm³/mol. The number of nitrogens with zero attached hydrogens (tertiary/aromatic N) is 1. The van der Waals surface area contributed by atoms with Crippen molar-refractivity contribution in [3.63, 3.8) is 0 Å². The average Bonchev–Trinajstić information content (AvgIpc) is 2.83. The standard InChI is InChI=1S/C13H15Cl2N3/c1-13(2,8-16-12-5-6-17-18-12)9-3-4-10(14)11(15)7-9/h3-7H,8H2,1-2H3,(H2,16,17,18). The summed E-state index contributed by atoms with van der Waals surface area (Å²) in [5.41, 5.74) is 1.09. The zero-order valence-corrected chi connectivity index (χ0v) is 11.8. The monoisotopic (exact) mass is 283 g/mol. The van der Waals surface area contributed by atoms with Crippen LogP contribution in [0.4, 0.5) is 5.82 Å². The van der Waals surface area contributed by atoms with E-state index < -0.39 is 0 Å². The summed E-state index contributed by atoms with van der Waals surface area (Å²) < 4.78 is 0. The zero-order chi connectivity index (χ0) is 13.2. The van der Waals surface area contributed by atoms with Gasteiger partial charge in [-0.25, -0.2) is 0 Å². The third kappa shape index (κ3) is 2.98. The van der Waals surface area contributed by atoms with Gasteiger partial charge in [0, 0.05) is 12.0 Å². The molecule has 0 amide bonds. The number of anilines is 1. The fourth-order valence-corrected chi connectivity index (χ4v) is 1.99. The summed E-state index contributed by atoms with van der Waals surface area (Å²) in [5, 5.41) is 11.2. The molecule has 0 aliphatic heterocycles. The molecule has 0 saturated heterocycles. The first-order valence-corrected chi connectivity index (χ1v) is 6.43. The van der Waals surface area contributed by atoms with Crippen LogP contribution < -0.4 is 5.32 Å². The Labute approximate surface area is 117 Å². The molecule has 0 aliphatic carbocycles.